The van der Waals surface area contributed by atoms with Gasteiger partial charge in [-0.05, 0) is 18.8 Å². The van der Waals surface area contributed by atoms with E-state index in [-0.39, 0.29) is 18.6 Å². The van der Waals surface area contributed by atoms with E-state index in [0.29, 0.717) is 13.1 Å². The predicted octanol–water partition coefficient (Wildman–Crippen LogP) is 0.714. The maximum atomic E-state index is 12.1. The summed E-state index contributed by atoms with van der Waals surface area (Å²) in [5.41, 5.74) is 0. The lowest BCUT2D eigenvalue weighted by atomic mass is 9.86. The molecule has 0 amide bonds. The van der Waals surface area contributed by atoms with Gasteiger partial charge in [-0.25, -0.2) is 0 Å². The highest BCUT2D eigenvalue weighted by Gasteiger charge is 2.30. The fourth-order valence-electron chi connectivity index (χ4n) is 2.41. The number of aliphatic hydroxyl groups excluding tert-OH is 1. The van der Waals surface area contributed by atoms with Crippen molar-refractivity contribution >= 4 is 10.2 Å². The Morgan fingerprint density at radius 1 is 1.24 bits per heavy atom. The summed E-state index contributed by atoms with van der Waals surface area (Å²) >= 11 is 0. The van der Waals surface area contributed by atoms with Gasteiger partial charge in [0.2, 0.25) is 0 Å². The van der Waals surface area contributed by atoms with Crippen LogP contribution < -0.4 is 4.72 Å². The molecule has 0 spiro atoms. The Bertz CT molecular complexity index is 315. The Morgan fingerprint density at radius 2 is 1.82 bits per heavy atom. The standard InChI is InChI=1S/C11H24N2O3S/c1-3-13(4-2)17(15,16)12-11-8-6-5-7-10(11)9-14/h10-12,14H,3-9H2,1-2H3. The molecule has 1 rings (SSSR count). The lowest BCUT2D eigenvalue weighted by Gasteiger charge is -2.32. The van der Waals surface area contributed by atoms with Gasteiger partial charge in [0.25, 0.3) is 10.2 Å². The van der Waals surface area contributed by atoms with E-state index in [2.05, 4.69) is 4.72 Å². The topological polar surface area (TPSA) is 69.6 Å². The molecular formula is C11H24N2O3S. The molecule has 0 aromatic rings. The Balaban J connectivity index is 2.68. The first-order valence-corrected chi connectivity index (χ1v) is 7.87. The number of nitrogens with one attached hydrogen (secondary N) is 1. The summed E-state index contributed by atoms with van der Waals surface area (Å²) in [6, 6.07) is -0.112. The molecule has 0 bridgehead atoms. The van der Waals surface area contributed by atoms with Gasteiger partial charge in [0, 0.05) is 25.7 Å². The van der Waals surface area contributed by atoms with Crippen molar-refractivity contribution in [3.63, 3.8) is 0 Å². The highest BCUT2D eigenvalue weighted by Crippen LogP contribution is 2.24. The van der Waals surface area contributed by atoms with Crippen LogP contribution in [0.15, 0.2) is 0 Å². The average Bonchev–Trinajstić information content (AvgIpc) is 2.30. The second kappa shape index (κ2) is 6.68. The molecule has 2 unspecified atom stereocenters. The molecule has 17 heavy (non-hydrogen) atoms. The van der Waals surface area contributed by atoms with E-state index in [0.717, 1.165) is 25.7 Å². The Hall–Kier alpha value is -0.170. The van der Waals surface area contributed by atoms with Gasteiger partial charge in [0.05, 0.1) is 0 Å². The van der Waals surface area contributed by atoms with E-state index in [1.165, 1.54) is 4.31 Å². The summed E-state index contributed by atoms with van der Waals surface area (Å²) in [7, 11) is -3.39. The molecule has 1 saturated carbocycles. The van der Waals surface area contributed by atoms with Gasteiger partial charge in [0.15, 0.2) is 0 Å². The summed E-state index contributed by atoms with van der Waals surface area (Å²) in [5, 5.41) is 9.26. The van der Waals surface area contributed by atoms with Crippen molar-refractivity contribution in [3.05, 3.63) is 0 Å². The monoisotopic (exact) mass is 264 g/mol. The number of nitrogens with zero attached hydrogens (tertiary/aromatic N) is 1. The molecule has 102 valence electrons. The summed E-state index contributed by atoms with van der Waals surface area (Å²) < 4.78 is 28.3. The van der Waals surface area contributed by atoms with Crippen LogP contribution in [-0.2, 0) is 10.2 Å². The third-order valence-corrected chi connectivity index (χ3v) is 5.29. The molecule has 0 radical (unpaired) electrons. The summed E-state index contributed by atoms with van der Waals surface area (Å²) in [6.45, 7) is 4.66. The molecular weight excluding hydrogens is 240 g/mol. The lowest BCUT2D eigenvalue weighted by Crippen LogP contribution is -2.49. The molecule has 6 heteroatoms. The largest absolute Gasteiger partial charge is 0.396 e. The Labute approximate surface area is 104 Å². The summed E-state index contributed by atoms with van der Waals surface area (Å²) in [4.78, 5) is 0. The van der Waals surface area contributed by atoms with E-state index in [1.807, 2.05) is 13.8 Å². The van der Waals surface area contributed by atoms with Crippen molar-refractivity contribution < 1.29 is 13.5 Å². The second-order valence-corrected chi connectivity index (χ2v) is 6.24. The van der Waals surface area contributed by atoms with Gasteiger partial charge in [-0.1, -0.05) is 26.7 Å². The van der Waals surface area contributed by atoms with E-state index < -0.39 is 10.2 Å². The maximum absolute atomic E-state index is 12.1. The van der Waals surface area contributed by atoms with E-state index in [4.69, 9.17) is 0 Å². The van der Waals surface area contributed by atoms with Crippen LogP contribution in [0.4, 0.5) is 0 Å². The Morgan fingerprint density at radius 3 is 2.35 bits per heavy atom. The first kappa shape index (κ1) is 14.9. The van der Waals surface area contributed by atoms with Gasteiger partial charge in [-0.15, -0.1) is 0 Å². The van der Waals surface area contributed by atoms with Crippen LogP contribution >= 0.6 is 0 Å². The van der Waals surface area contributed by atoms with Crippen molar-refractivity contribution in [3.8, 4) is 0 Å². The number of hydrogen-bond acceptors (Lipinski definition) is 3. The first-order valence-electron chi connectivity index (χ1n) is 6.43. The zero-order chi connectivity index (χ0) is 12.9. The number of rotatable bonds is 6. The van der Waals surface area contributed by atoms with Crippen LogP contribution in [0.1, 0.15) is 39.5 Å². The second-order valence-electron chi connectivity index (χ2n) is 4.54. The van der Waals surface area contributed by atoms with Crippen molar-refractivity contribution in [2.24, 2.45) is 5.92 Å². The van der Waals surface area contributed by atoms with Crippen LogP contribution in [0.2, 0.25) is 0 Å². The molecule has 0 aromatic carbocycles. The first-order chi connectivity index (χ1) is 8.05. The van der Waals surface area contributed by atoms with Crippen molar-refractivity contribution in [2.75, 3.05) is 19.7 Å². The summed E-state index contributed by atoms with van der Waals surface area (Å²) in [6.07, 6.45) is 3.84. The molecule has 0 aliphatic heterocycles. The summed E-state index contributed by atoms with van der Waals surface area (Å²) in [5.74, 6) is 0.0640. The predicted molar refractivity (Wildman–Crippen MR) is 67.8 cm³/mol. The number of aliphatic hydroxyl groups is 1. The quantitative estimate of drug-likeness (QED) is 0.742. The van der Waals surface area contributed by atoms with Crippen molar-refractivity contribution in [1.82, 2.24) is 9.03 Å². The average molecular weight is 264 g/mol. The normalized spacial score (nSPS) is 26.4. The van der Waals surface area contributed by atoms with Gasteiger partial charge >= 0.3 is 0 Å². The minimum Gasteiger partial charge on any atom is -0.396 e. The lowest BCUT2D eigenvalue weighted by molar-refractivity contribution is 0.163. The van der Waals surface area contributed by atoms with E-state index >= 15 is 0 Å². The smallest absolute Gasteiger partial charge is 0.279 e. The molecule has 1 fully saturated rings. The fourth-order valence-corrected chi connectivity index (χ4v) is 3.93. The molecule has 1 aliphatic rings. The molecule has 5 nitrogen and oxygen atoms in total. The zero-order valence-electron chi connectivity index (χ0n) is 10.7. The fraction of sp³-hybridized carbons (Fsp3) is 1.00. The van der Waals surface area contributed by atoms with Crippen molar-refractivity contribution in [1.29, 1.82) is 0 Å². The third kappa shape index (κ3) is 3.91. The maximum Gasteiger partial charge on any atom is 0.279 e. The van der Waals surface area contributed by atoms with Crippen LogP contribution in [0.3, 0.4) is 0 Å². The van der Waals surface area contributed by atoms with Gasteiger partial charge in [-0.2, -0.15) is 17.4 Å². The van der Waals surface area contributed by atoms with Crippen LogP contribution in [0.25, 0.3) is 0 Å². The van der Waals surface area contributed by atoms with E-state index in [9.17, 15) is 13.5 Å². The van der Waals surface area contributed by atoms with Crippen LogP contribution in [-0.4, -0.2) is 43.6 Å². The molecule has 0 heterocycles. The molecule has 2 atom stereocenters. The third-order valence-electron chi connectivity index (χ3n) is 3.49. The molecule has 0 saturated heterocycles. The van der Waals surface area contributed by atoms with Gasteiger partial charge < -0.3 is 5.11 Å². The minimum atomic E-state index is -3.39. The molecule has 2 N–H and O–H groups in total. The van der Waals surface area contributed by atoms with Crippen LogP contribution in [0, 0.1) is 5.92 Å². The molecule has 0 aromatic heterocycles. The van der Waals surface area contributed by atoms with E-state index in [1.54, 1.807) is 0 Å². The molecule has 1 aliphatic carbocycles. The number of hydrogen-bond donors (Lipinski definition) is 2. The Kier molecular flexibility index (Phi) is 5.85. The van der Waals surface area contributed by atoms with Gasteiger partial charge in [-0.3, -0.25) is 0 Å². The minimum absolute atomic E-state index is 0.0609. The van der Waals surface area contributed by atoms with Crippen LogP contribution in [0.5, 0.6) is 0 Å². The highest BCUT2D eigenvalue weighted by atomic mass is 32.2. The van der Waals surface area contributed by atoms with Gasteiger partial charge in [0.1, 0.15) is 0 Å². The van der Waals surface area contributed by atoms with Crippen molar-refractivity contribution in [2.45, 2.75) is 45.6 Å². The zero-order valence-corrected chi connectivity index (χ0v) is 11.5. The highest BCUT2D eigenvalue weighted by molar-refractivity contribution is 7.87. The SMILES string of the molecule is CCN(CC)S(=O)(=O)NC1CCCCC1CO.